The molecular weight excluding hydrogens is 372 g/mol. The molecule has 30 heavy (non-hydrogen) atoms. The highest BCUT2D eigenvalue weighted by atomic mass is 16.1. The Morgan fingerprint density at radius 1 is 1.03 bits per heavy atom. The van der Waals surface area contributed by atoms with Crippen molar-refractivity contribution in [3.63, 3.8) is 0 Å². The zero-order valence-corrected chi connectivity index (χ0v) is 18.9. The maximum absolute atomic E-state index is 12.0. The molecule has 162 valence electrons. The van der Waals surface area contributed by atoms with Gasteiger partial charge in [0.05, 0.1) is 11.4 Å². The van der Waals surface area contributed by atoms with E-state index in [4.69, 9.17) is 0 Å². The van der Waals surface area contributed by atoms with Crippen molar-refractivity contribution in [3.05, 3.63) is 52.3 Å². The lowest BCUT2D eigenvalue weighted by Crippen LogP contribution is -2.28. The summed E-state index contributed by atoms with van der Waals surface area (Å²) in [6, 6.07) is 4.14. The predicted molar refractivity (Wildman–Crippen MR) is 125 cm³/mol. The summed E-state index contributed by atoms with van der Waals surface area (Å²) in [6.07, 6.45) is 9.28. The SMILES string of the molecule is CC(=O)Nc1c(C)c(CCc2ccncc2)c(C)c(C)c1NCCC1CCNCC1. The number of pyridine rings is 1. The van der Waals surface area contributed by atoms with Gasteiger partial charge in [-0.25, -0.2) is 0 Å². The molecule has 1 amide bonds. The van der Waals surface area contributed by atoms with E-state index >= 15 is 0 Å². The van der Waals surface area contributed by atoms with Crippen LogP contribution in [-0.2, 0) is 17.6 Å². The van der Waals surface area contributed by atoms with E-state index in [9.17, 15) is 4.79 Å². The number of aromatic nitrogens is 1. The normalized spacial score (nSPS) is 14.5. The average molecular weight is 409 g/mol. The summed E-state index contributed by atoms with van der Waals surface area (Å²) in [5.41, 5.74) is 8.37. The van der Waals surface area contributed by atoms with Crippen LogP contribution in [0.25, 0.3) is 0 Å². The van der Waals surface area contributed by atoms with E-state index in [1.165, 1.54) is 47.1 Å². The molecule has 0 bridgehead atoms. The molecule has 0 aliphatic carbocycles. The lowest BCUT2D eigenvalue weighted by molar-refractivity contribution is -0.114. The minimum atomic E-state index is -0.0251. The number of benzene rings is 1. The van der Waals surface area contributed by atoms with Crippen LogP contribution in [0.1, 0.15) is 54.0 Å². The first kappa shape index (κ1) is 22.3. The van der Waals surface area contributed by atoms with Crippen LogP contribution in [0.2, 0.25) is 0 Å². The standard InChI is InChI=1S/C25H36N4O/c1-17-18(2)24(28-16-11-22-9-14-27-15-10-22)25(29-20(4)30)19(3)23(17)6-5-21-7-12-26-13-8-21/h7-8,12-13,22,27-28H,5-6,9-11,14-16H2,1-4H3,(H,29,30). The monoisotopic (exact) mass is 408 g/mol. The number of piperidine rings is 1. The fourth-order valence-corrected chi connectivity index (χ4v) is 4.54. The Kier molecular flexibility index (Phi) is 7.86. The van der Waals surface area contributed by atoms with Crippen molar-refractivity contribution in [3.8, 4) is 0 Å². The molecule has 1 saturated heterocycles. The Hall–Kier alpha value is -2.40. The van der Waals surface area contributed by atoms with Crippen molar-refractivity contribution in [2.24, 2.45) is 5.92 Å². The first-order valence-electron chi connectivity index (χ1n) is 11.2. The molecule has 2 aromatic rings. The number of amides is 1. The number of aryl methyl sites for hydroxylation is 1. The van der Waals surface area contributed by atoms with Gasteiger partial charge in [-0.2, -0.15) is 0 Å². The molecular formula is C25H36N4O. The Labute approximate surface area is 181 Å². The second kappa shape index (κ2) is 10.6. The van der Waals surface area contributed by atoms with Gasteiger partial charge >= 0.3 is 0 Å². The number of rotatable bonds is 8. The van der Waals surface area contributed by atoms with Gasteiger partial charge in [-0.15, -0.1) is 0 Å². The molecule has 3 rings (SSSR count). The number of nitrogens with one attached hydrogen (secondary N) is 3. The lowest BCUT2D eigenvalue weighted by Gasteiger charge is -2.26. The predicted octanol–water partition coefficient (Wildman–Crippen LogP) is 4.55. The topological polar surface area (TPSA) is 66.0 Å². The van der Waals surface area contributed by atoms with E-state index in [1.54, 1.807) is 6.92 Å². The second-order valence-electron chi connectivity index (χ2n) is 8.55. The van der Waals surface area contributed by atoms with E-state index in [0.29, 0.717) is 0 Å². The van der Waals surface area contributed by atoms with Gasteiger partial charge in [0.1, 0.15) is 0 Å². The summed E-state index contributed by atoms with van der Waals surface area (Å²) in [4.78, 5) is 16.1. The van der Waals surface area contributed by atoms with Crippen molar-refractivity contribution in [1.29, 1.82) is 0 Å². The molecule has 1 aromatic carbocycles. The number of hydrogen-bond donors (Lipinski definition) is 3. The summed E-state index contributed by atoms with van der Waals surface area (Å²) in [5.74, 6) is 0.757. The van der Waals surface area contributed by atoms with Crippen LogP contribution >= 0.6 is 0 Å². The molecule has 1 aromatic heterocycles. The molecule has 0 spiro atoms. The van der Waals surface area contributed by atoms with E-state index < -0.39 is 0 Å². The van der Waals surface area contributed by atoms with Crippen LogP contribution in [0.15, 0.2) is 24.5 Å². The summed E-state index contributed by atoms with van der Waals surface area (Å²) in [6.45, 7) is 11.3. The van der Waals surface area contributed by atoms with Gasteiger partial charge in [0, 0.05) is 25.9 Å². The molecule has 0 radical (unpaired) electrons. The summed E-state index contributed by atoms with van der Waals surface area (Å²) in [7, 11) is 0. The van der Waals surface area contributed by atoms with Crippen LogP contribution in [-0.4, -0.2) is 30.5 Å². The van der Waals surface area contributed by atoms with Gasteiger partial charge in [-0.05, 0) is 112 Å². The fourth-order valence-electron chi connectivity index (χ4n) is 4.54. The van der Waals surface area contributed by atoms with Crippen LogP contribution in [0.3, 0.4) is 0 Å². The Morgan fingerprint density at radius 3 is 2.40 bits per heavy atom. The molecule has 2 heterocycles. The third kappa shape index (κ3) is 5.60. The molecule has 5 nitrogen and oxygen atoms in total. The van der Waals surface area contributed by atoms with Crippen LogP contribution < -0.4 is 16.0 Å². The third-order valence-corrected chi connectivity index (χ3v) is 6.49. The lowest BCUT2D eigenvalue weighted by atomic mass is 9.90. The van der Waals surface area contributed by atoms with Crippen molar-refractivity contribution in [1.82, 2.24) is 10.3 Å². The van der Waals surface area contributed by atoms with Crippen molar-refractivity contribution >= 4 is 17.3 Å². The van der Waals surface area contributed by atoms with Crippen LogP contribution in [0.4, 0.5) is 11.4 Å². The first-order chi connectivity index (χ1) is 14.5. The molecule has 1 fully saturated rings. The largest absolute Gasteiger partial charge is 0.383 e. The molecule has 3 N–H and O–H groups in total. The van der Waals surface area contributed by atoms with Gasteiger partial charge < -0.3 is 16.0 Å². The van der Waals surface area contributed by atoms with Gasteiger partial charge in [0.2, 0.25) is 5.91 Å². The van der Waals surface area contributed by atoms with Crippen LogP contribution in [0, 0.1) is 26.7 Å². The Bertz CT molecular complexity index is 857. The van der Waals surface area contributed by atoms with Crippen molar-refractivity contribution in [2.45, 2.75) is 59.8 Å². The number of anilines is 2. The number of carbonyl (C=O) groups excluding carboxylic acids is 1. The van der Waals surface area contributed by atoms with Gasteiger partial charge in [-0.3, -0.25) is 9.78 Å². The zero-order chi connectivity index (χ0) is 21.5. The average Bonchev–Trinajstić information content (AvgIpc) is 2.75. The highest BCUT2D eigenvalue weighted by molar-refractivity contribution is 5.95. The van der Waals surface area contributed by atoms with Crippen LogP contribution in [0.5, 0.6) is 0 Å². The van der Waals surface area contributed by atoms with E-state index in [0.717, 1.165) is 49.8 Å². The highest BCUT2D eigenvalue weighted by Crippen LogP contribution is 2.36. The summed E-state index contributed by atoms with van der Waals surface area (Å²) < 4.78 is 0. The van der Waals surface area contributed by atoms with E-state index in [2.05, 4.69) is 53.8 Å². The highest BCUT2D eigenvalue weighted by Gasteiger charge is 2.19. The molecule has 1 aliphatic rings. The minimum absolute atomic E-state index is 0.0251. The number of nitrogens with zero attached hydrogens (tertiary/aromatic N) is 1. The maximum Gasteiger partial charge on any atom is 0.221 e. The molecule has 1 aliphatic heterocycles. The Balaban J connectivity index is 1.81. The third-order valence-electron chi connectivity index (χ3n) is 6.49. The molecule has 0 atom stereocenters. The molecule has 5 heteroatoms. The minimum Gasteiger partial charge on any atom is -0.383 e. The Morgan fingerprint density at radius 2 is 1.73 bits per heavy atom. The summed E-state index contributed by atoms with van der Waals surface area (Å²) in [5, 5.41) is 10.2. The van der Waals surface area contributed by atoms with Crippen molar-refractivity contribution in [2.75, 3.05) is 30.3 Å². The second-order valence-corrected chi connectivity index (χ2v) is 8.55. The maximum atomic E-state index is 12.0. The van der Waals surface area contributed by atoms with Crippen molar-refractivity contribution < 1.29 is 4.79 Å². The number of carbonyl (C=O) groups is 1. The summed E-state index contributed by atoms with van der Waals surface area (Å²) >= 11 is 0. The first-order valence-corrected chi connectivity index (χ1v) is 11.2. The smallest absolute Gasteiger partial charge is 0.221 e. The van der Waals surface area contributed by atoms with Gasteiger partial charge in [0.25, 0.3) is 0 Å². The number of hydrogen-bond acceptors (Lipinski definition) is 4. The zero-order valence-electron chi connectivity index (χ0n) is 18.9. The van der Waals surface area contributed by atoms with E-state index in [1.807, 2.05) is 12.4 Å². The van der Waals surface area contributed by atoms with Gasteiger partial charge in [-0.1, -0.05) is 0 Å². The molecule has 0 saturated carbocycles. The molecule has 0 unspecified atom stereocenters. The van der Waals surface area contributed by atoms with Gasteiger partial charge in [0.15, 0.2) is 0 Å². The fraction of sp³-hybridized carbons (Fsp3) is 0.520. The van der Waals surface area contributed by atoms with E-state index in [-0.39, 0.29) is 5.91 Å². The quantitative estimate of drug-likeness (QED) is 0.599.